The van der Waals surface area contributed by atoms with Crippen molar-refractivity contribution in [3.63, 3.8) is 0 Å². The summed E-state index contributed by atoms with van der Waals surface area (Å²) in [7, 11) is 0. The normalized spacial score (nSPS) is 10.5. The third-order valence-electron chi connectivity index (χ3n) is 1.68. The largest absolute Gasteiger partial charge is 0.440 e. The fourth-order valence-electron chi connectivity index (χ4n) is 1.07. The zero-order chi connectivity index (χ0) is 10.1. The molecule has 0 N–H and O–H groups in total. The van der Waals surface area contributed by atoms with E-state index in [9.17, 15) is 8.78 Å². The van der Waals surface area contributed by atoms with Gasteiger partial charge in [-0.25, -0.2) is 13.8 Å². The van der Waals surface area contributed by atoms with Gasteiger partial charge in [0.25, 0.3) is 3.90 Å². The predicted molar refractivity (Wildman–Crippen MR) is 54.6 cm³/mol. The highest BCUT2D eigenvalue weighted by atomic mass is 127. The molecule has 1 aromatic carbocycles. The molecule has 2 nitrogen and oxygen atoms in total. The standard InChI is InChI=1S/C9H4F2INO/c10-5-1-2-6(7(11)3-5)8-4-14-9(12)13-8/h1-4H. The maximum atomic E-state index is 13.2. The SMILES string of the molecule is Fc1ccc(-c2coc(I)n2)c(F)c1. The van der Waals surface area contributed by atoms with Crippen molar-refractivity contribution in [1.29, 1.82) is 0 Å². The second kappa shape index (κ2) is 3.64. The lowest BCUT2D eigenvalue weighted by molar-refractivity contribution is 0.525. The number of rotatable bonds is 1. The van der Waals surface area contributed by atoms with Crippen LogP contribution in [-0.2, 0) is 0 Å². The Kier molecular flexibility index (Phi) is 2.49. The molecule has 1 aromatic heterocycles. The van der Waals surface area contributed by atoms with Crippen molar-refractivity contribution in [2.75, 3.05) is 0 Å². The Hall–Kier alpha value is -0.980. The van der Waals surface area contributed by atoms with Crippen molar-refractivity contribution >= 4 is 22.6 Å². The van der Waals surface area contributed by atoms with E-state index in [1.165, 1.54) is 18.4 Å². The van der Waals surface area contributed by atoms with E-state index in [-0.39, 0.29) is 5.56 Å². The van der Waals surface area contributed by atoms with Crippen LogP contribution in [0.1, 0.15) is 0 Å². The third-order valence-corrected chi connectivity index (χ3v) is 2.18. The minimum atomic E-state index is -0.644. The summed E-state index contributed by atoms with van der Waals surface area (Å²) in [6.07, 6.45) is 1.33. The first-order valence-electron chi connectivity index (χ1n) is 3.73. The molecule has 0 fully saturated rings. The minimum Gasteiger partial charge on any atom is -0.440 e. The first-order valence-corrected chi connectivity index (χ1v) is 4.81. The Bertz CT molecular complexity index is 470. The van der Waals surface area contributed by atoms with Gasteiger partial charge in [0.1, 0.15) is 23.6 Å². The van der Waals surface area contributed by atoms with Gasteiger partial charge in [-0.1, -0.05) is 0 Å². The number of hydrogen-bond donors (Lipinski definition) is 0. The van der Waals surface area contributed by atoms with Gasteiger partial charge < -0.3 is 4.42 Å². The Morgan fingerprint density at radius 1 is 1.29 bits per heavy atom. The number of halogens is 3. The van der Waals surface area contributed by atoms with E-state index in [4.69, 9.17) is 4.42 Å². The summed E-state index contributed by atoms with van der Waals surface area (Å²) < 4.78 is 31.1. The quantitative estimate of drug-likeness (QED) is 0.756. The highest BCUT2D eigenvalue weighted by Gasteiger charge is 2.09. The lowest BCUT2D eigenvalue weighted by Gasteiger charge is -1.97. The van der Waals surface area contributed by atoms with E-state index < -0.39 is 11.6 Å². The van der Waals surface area contributed by atoms with E-state index in [1.54, 1.807) is 0 Å². The zero-order valence-electron chi connectivity index (χ0n) is 6.80. The van der Waals surface area contributed by atoms with Crippen LogP contribution < -0.4 is 0 Å². The Morgan fingerprint density at radius 2 is 2.07 bits per heavy atom. The van der Waals surface area contributed by atoms with Crippen molar-refractivity contribution in [3.05, 3.63) is 40.0 Å². The fourth-order valence-corrected chi connectivity index (χ4v) is 1.46. The van der Waals surface area contributed by atoms with Crippen molar-refractivity contribution < 1.29 is 13.2 Å². The average molecular weight is 307 g/mol. The minimum absolute atomic E-state index is 0.234. The van der Waals surface area contributed by atoms with Gasteiger partial charge >= 0.3 is 0 Å². The molecule has 2 rings (SSSR count). The second-order valence-corrected chi connectivity index (χ2v) is 3.53. The van der Waals surface area contributed by atoms with Crippen LogP contribution in [0.2, 0.25) is 0 Å². The monoisotopic (exact) mass is 307 g/mol. The molecule has 0 aliphatic carbocycles. The molecular weight excluding hydrogens is 303 g/mol. The van der Waals surface area contributed by atoms with Gasteiger partial charge in [0.15, 0.2) is 0 Å². The average Bonchev–Trinajstić information content (AvgIpc) is 2.51. The Labute approximate surface area is 92.1 Å². The van der Waals surface area contributed by atoms with Crippen molar-refractivity contribution in [1.82, 2.24) is 4.98 Å². The van der Waals surface area contributed by atoms with E-state index in [2.05, 4.69) is 4.98 Å². The van der Waals surface area contributed by atoms with Gasteiger partial charge in [-0.2, -0.15) is 0 Å². The predicted octanol–water partition coefficient (Wildman–Crippen LogP) is 3.22. The summed E-state index contributed by atoms with van der Waals surface area (Å²) in [5.74, 6) is -1.25. The van der Waals surface area contributed by atoms with Gasteiger partial charge in [0, 0.05) is 34.2 Å². The highest BCUT2D eigenvalue weighted by molar-refractivity contribution is 14.1. The van der Waals surface area contributed by atoms with E-state index in [0.29, 0.717) is 9.59 Å². The first kappa shape index (κ1) is 9.57. The molecule has 0 saturated carbocycles. The summed E-state index contributed by atoms with van der Waals surface area (Å²) in [6, 6.07) is 3.33. The molecule has 2 aromatic rings. The number of aromatic nitrogens is 1. The van der Waals surface area contributed by atoms with Crippen molar-refractivity contribution in [2.45, 2.75) is 0 Å². The van der Waals surface area contributed by atoms with Crippen LogP contribution in [0.3, 0.4) is 0 Å². The van der Waals surface area contributed by atoms with Crippen molar-refractivity contribution in [2.24, 2.45) is 0 Å². The molecule has 0 radical (unpaired) electrons. The van der Waals surface area contributed by atoms with Gasteiger partial charge in [0.05, 0.1) is 0 Å². The second-order valence-electron chi connectivity index (χ2n) is 2.61. The van der Waals surface area contributed by atoms with Crippen LogP contribution in [0.4, 0.5) is 8.78 Å². The lowest BCUT2D eigenvalue weighted by Crippen LogP contribution is -1.86. The van der Waals surface area contributed by atoms with E-state index in [1.807, 2.05) is 22.6 Å². The molecule has 0 spiro atoms. The van der Waals surface area contributed by atoms with Gasteiger partial charge in [-0.3, -0.25) is 0 Å². The maximum Gasteiger partial charge on any atom is 0.257 e. The molecule has 0 saturated heterocycles. The number of benzene rings is 1. The lowest BCUT2D eigenvalue weighted by atomic mass is 10.1. The summed E-state index contributed by atoms with van der Waals surface area (Å²) in [5.41, 5.74) is 0.602. The van der Waals surface area contributed by atoms with Crippen molar-refractivity contribution in [3.8, 4) is 11.3 Å². The highest BCUT2D eigenvalue weighted by Crippen LogP contribution is 2.22. The molecule has 0 aliphatic heterocycles. The van der Waals surface area contributed by atoms with Crippen LogP contribution >= 0.6 is 22.6 Å². The summed E-state index contributed by atoms with van der Waals surface area (Å²) in [6.45, 7) is 0. The van der Waals surface area contributed by atoms with Crippen LogP contribution in [0, 0.1) is 15.5 Å². The molecule has 0 aliphatic rings. The molecule has 14 heavy (non-hydrogen) atoms. The first-order chi connectivity index (χ1) is 6.66. The molecule has 0 atom stereocenters. The van der Waals surface area contributed by atoms with Crippen LogP contribution in [0.5, 0.6) is 0 Å². The number of hydrogen-bond acceptors (Lipinski definition) is 2. The Morgan fingerprint density at radius 3 is 2.64 bits per heavy atom. The third kappa shape index (κ3) is 1.77. The number of nitrogens with zero attached hydrogens (tertiary/aromatic N) is 1. The van der Waals surface area contributed by atoms with Crippen LogP contribution in [-0.4, -0.2) is 4.98 Å². The molecular formula is C9H4F2INO. The smallest absolute Gasteiger partial charge is 0.257 e. The molecule has 0 amide bonds. The zero-order valence-corrected chi connectivity index (χ0v) is 8.96. The van der Waals surface area contributed by atoms with Gasteiger partial charge in [0.2, 0.25) is 0 Å². The fraction of sp³-hybridized carbons (Fsp3) is 0. The summed E-state index contributed by atoms with van der Waals surface area (Å²) in [5, 5.41) is 0. The van der Waals surface area contributed by atoms with Crippen LogP contribution in [0.15, 0.2) is 28.9 Å². The maximum absolute atomic E-state index is 13.2. The van der Waals surface area contributed by atoms with Gasteiger partial charge in [-0.15, -0.1) is 0 Å². The summed E-state index contributed by atoms with van der Waals surface area (Å²) >= 11 is 1.87. The molecule has 72 valence electrons. The molecule has 0 bridgehead atoms. The topological polar surface area (TPSA) is 26.0 Å². The Balaban J connectivity index is 2.52. The van der Waals surface area contributed by atoms with Crippen LogP contribution in [0.25, 0.3) is 11.3 Å². The van der Waals surface area contributed by atoms with Gasteiger partial charge in [-0.05, 0) is 12.1 Å². The molecule has 1 heterocycles. The summed E-state index contributed by atoms with van der Waals surface area (Å²) in [4.78, 5) is 3.93. The number of oxazole rings is 1. The van der Waals surface area contributed by atoms with E-state index >= 15 is 0 Å². The molecule has 5 heteroatoms. The molecule has 0 unspecified atom stereocenters. The van der Waals surface area contributed by atoms with E-state index in [0.717, 1.165) is 6.07 Å².